The van der Waals surface area contributed by atoms with E-state index in [-0.39, 0.29) is 16.9 Å². The molecule has 0 aliphatic carbocycles. The average Bonchev–Trinajstić information content (AvgIpc) is 3.10. The molecule has 0 radical (unpaired) electrons. The summed E-state index contributed by atoms with van der Waals surface area (Å²) in [7, 11) is 1.58. The van der Waals surface area contributed by atoms with E-state index in [1.807, 2.05) is 20.8 Å². The van der Waals surface area contributed by atoms with Gasteiger partial charge in [-0.25, -0.2) is 9.78 Å². The molecule has 0 bridgehead atoms. The minimum atomic E-state index is -0.451. The zero-order chi connectivity index (χ0) is 22.1. The number of H-pyrrole nitrogens is 1. The molecule has 0 saturated heterocycles. The Balaban J connectivity index is 1.94. The van der Waals surface area contributed by atoms with Crippen molar-refractivity contribution >= 4 is 17.5 Å². The van der Waals surface area contributed by atoms with E-state index in [9.17, 15) is 9.59 Å². The number of urea groups is 1. The molecule has 2 aromatic heterocycles. The first-order chi connectivity index (χ1) is 14.1. The summed E-state index contributed by atoms with van der Waals surface area (Å²) < 4.78 is 6.55. The standard InChI is InChI=1S/C21H26N6O3/c1-12-13(2)22-19(25-18(12)28)27-17(11-16(26-27)21(3,4)5)24-20(29)23-14-7-9-15(30-6)10-8-14/h7-11H,1-6H3,(H,22,25,28)(H2,23,24,29). The maximum absolute atomic E-state index is 12.6. The highest BCUT2D eigenvalue weighted by molar-refractivity contribution is 5.99. The van der Waals surface area contributed by atoms with Crippen LogP contribution >= 0.6 is 0 Å². The predicted molar refractivity (Wildman–Crippen MR) is 116 cm³/mol. The first-order valence-electron chi connectivity index (χ1n) is 9.49. The molecule has 0 atom stereocenters. The number of aryl methyl sites for hydroxylation is 1. The molecule has 1 aromatic carbocycles. The number of nitrogens with zero attached hydrogens (tertiary/aromatic N) is 3. The van der Waals surface area contributed by atoms with Gasteiger partial charge in [0.1, 0.15) is 11.6 Å². The summed E-state index contributed by atoms with van der Waals surface area (Å²) in [5.74, 6) is 1.31. The fraction of sp³-hybridized carbons (Fsp3) is 0.333. The van der Waals surface area contributed by atoms with Crippen molar-refractivity contribution in [3.8, 4) is 11.7 Å². The van der Waals surface area contributed by atoms with Gasteiger partial charge in [-0.1, -0.05) is 20.8 Å². The Kier molecular flexibility index (Phi) is 5.64. The maximum Gasteiger partial charge on any atom is 0.324 e. The summed E-state index contributed by atoms with van der Waals surface area (Å²) in [6.45, 7) is 9.49. The van der Waals surface area contributed by atoms with Gasteiger partial charge < -0.3 is 10.1 Å². The Bertz CT molecular complexity index is 1120. The fourth-order valence-electron chi connectivity index (χ4n) is 2.68. The van der Waals surface area contributed by atoms with E-state index in [1.54, 1.807) is 51.3 Å². The van der Waals surface area contributed by atoms with Crippen LogP contribution < -0.4 is 20.9 Å². The molecule has 0 aliphatic heterocycles. The highest BCUT2D eigenvalue weighted by atomic mass is 16.5. The van der Waals surface area contributed by atoms with Crippen molar-refractivity contribution in [1.29, 1.82) is 0 Å². The van der Waals surface area contributed by atoms with E-state index >= 15 is 0 Å². The lowest BCUT2D eigenvalue weighted by Crippen LogP contribution is -2.23. The Morgan fingerprint density at radius 1 is 1.13 bits per heavy atom. The molecule has 0 saturated carbocycles. The second-order valence-electron chi connectivity index (χ2n) is 7.98. The van der Waals surface area contributed by atoms with Crippen LogP contribution in [0.4, 0.5) is 16.3 Å². The van der Waals surface area contributed by atoms with Crippen LogP contribution in [-0.2, 0) is 5.41 Å². The van der Waals surface area contributed by atoms with Crippen LogP contribution in [0.5, 0.6) is 5.75 Å². The van der Waals surface area contributed by atoms with Crippen LogP contribution in [0.15, 0.2) is 35.1 Å². The number of benzene rings is 1. The van der Waals surface area contributed by atoms with E-state index in [1.165, 1.54) is 4.68 Å². The number of carbonyl (C=O) groups is 1. The minimum absolute atomic E-state index is 0.235. The van der Waals surface area contributed by atoms with Crippen molar-refractivity contribution in [2.75, 3.05) is 17.7 Å². The van der Waals surface area contributed by atoms with Gasteiger partial charge in [0.25, 0.3) is 5.56 Å². The summed E-state index contributed by atoms with van der Waals surface area (Å²) in [5.41, 5.74) is 1.95. The smallest absolute Gasteiger partial charge is 0.324 e. The van der Waals surface area contributed by atoms with Crippen molar-refractivity contribution in [3.63, 3.8) is 0 Å². The molecule has 30 heavy (non-hydrogen) atoms. The van der Waals surface area contributed by atoms with Crippen molar-refractivity contribution in [2.45, 2.75) is 40.0 Å². The molecule has 0 fully saturated rings. The molecule has 158 valence electrons. The number of methoxy groups -OCH3 is 1. The molecule has 2 amide bonds. The zero-order valence-corrected chi connectivity index (χ0v) is 18.0. The lowest BCUT2D eigenvalue weighted by atomic mass is 9.92. The first-order valence-corrected chi connectivity index (χ1v) is 9.49. The van der Waals surface area contributed by atoms with Gasteiger partial charge in [0, 0.05) is 28.4 Å². The van der Waals surface area contributed by atoms with Crippen molar-refractivity contribution in [2.24, 2.45) is 0 Å². The summed E-state index contributed by atoms with van der Waals surface area (Å²) in [6.07, 6.45) is 0. The van der Waals surface area contributed by atoms with Crippen LogP contribution in [0, 0.1) is 13.8 Å². The van der Waals surface area contributed by atoms with Gasteiger partial charge in [-0.05, 0) is 38.1 Å². The van der Waals surface area contributed by atoms with Gasteiger partial charge in [-0.3, -0.25) is 15.1 Å². The maximum atomic E-state index is 12.6. The molecule has 9 nitrogen and oxygen atoms in total. The van der Waals surface area contributed by atoms with Gasteiger partial charge in [0.05, 0.1) is 12.8 Å². The molecular weight excluding hydrogens is 384 g/mol. The molecule has 2 heterocycles. The third-order valence-electron chi connectivity index (χ3n) is 4.65. The van der Waals surface area contributed by atoms with Gasteiger partial charge in [0.15, 0.2) is 0 Å². The van der Waals surface area contributed by atoms with Crippen molar-refractivity contribution in [1.82, 2.24) is 19.7 Å². The van der Waals surface area contributed by atoms with Crippen LogP contribution in [0.1, 0.15) is 37.7 Å². The predicted octanol–water partition coefficient (Wildman–Crippen LogP) is 3.52. The van der Waals surface area contributed by atoms with Crippen LogP contribution in [-0.4, -0.2) is 32.9 Å². The van der Waals surface area contributed by atoms with E-state index in [2.05, 4.69) is 25.7 Å². The van der Waals surface area contributed by atoms with Crippen LogP contribution in [0.25, 0.3) is 5.95 Å². The third-order valence-corrected chi connectivity index (χ3v) is 4.65. The third kappa shape index (κ3) is 4.51. The number of ether oxygens (including phenoxy) is 1. The number of carbonyl (C=O) groups excluding carboxylic acids is 1. The lowest BCUT2D eigenvalue weighted by Gasteiger charge is -2.14. The highest BCUT2D eigenvalue weighted by Gasteiger charge is 2.22. The Morgan fingerprint density at radius 3 is 2.37 bits per heavy atom. The molecular formula is C21H26N6O3. The SMILES string of the molecule is COc1ccc(NC(=O)Nc2cc(C(C)(C)C)nn2-c2nc(C)c(C)c(=O)[nH]2)cc1. The van der Waals surface area contributed by atoms with Crippen LogP contribution in [0.2, 0.25) is 0 Å². The monoisotopic (exact) mass is 410 g/mol. The molecule has 3 aromatic rings. The topological polar surface area (TPSA) is 114 Å². The Morgan fingerprint density at radius 2 is 1.80 bits per heavy atom. The van der Waals surface area contributed by atoms with E-state index < -0.39 is 6.03 Å². The lowest BCUT2D eigenvalue weighted by molar-refractivity contribution is 0.262. The summed E-state index contributed by atoms with van der Waals surface area (Å²) in [5, 5.41) is 10.1. The average molecular weight is 410 g/mol. The van der Waals surface area contributed by atoms with E-state index in [4.69, 9.17) is 4.74 Å². The second kappa shape index (κ2) is 8.02. The van der Waals surface area contributed by atoms with Crippen LogP contribution in [0.3, 0.4) is 0 Å². The summed E-state index contributed by atoms with van der Waals surface area (Å²) in [4.78, 5) is 31.9. The number of hydrogen-bond acceptors (Lipinski definition) is 5. The Hall–Kier alpha value is -3.62. The number of amides is 2. The van der Waals surface area contributed by atoms with E-state index in [0.717, 1.165) is 5.69 Å². The largest absolute Gasteiger partial charge is 0.497 e. The quantitative estimate of drug-likeness (QED) is 0.609. The zero-order valence-electron chi connectivity index (χ0n) is 18.0. The van der Waals surface area contributed by atoms with Gasteiger partial charge in [-0.2, -0.15) is 9.78 Å². The molecule has 0 aliphatic rings. The summed E-state index contributed by atoms with van der Waals surface area (Å²) in [6, 6.07) is 8.29. The van der Waals surface area contributed by atoms with Gasteiger partial charge in [-0.15, -0.1) is 0 Å². The number of rotatable bonds is 4. The highest BCUT2D eigenvalue weighted by Crippen LogP contribution is 2.25. The van der Waals surface area contributed by atoms with Crippen molar-refractivity contribution in [3.05, 3.63) is 57.6 Å². The minimum Gasteiger partial charge on any atom is -0.497 e. The number of nitrogens with one attached hydrogen (secondary N) is 3. The number of anilines is 2. The second-order valence-corrected chi connectivity index (χ2v) is 7.98. The normalized spacial score (nSPS) is 11.3. The fourth-order valence-corrected chi connectivity index (χ4v) is 2.68. The number of aromatic nitrogens is 4. The molecule has 3 rings (SSSR count). The molecule has 9 heteroatoms. The summed E-state index contributed by atoms with van der Waals surface area (Å²) >= 11 is 0. The first kappa shape index (κ1) is 21.1. The van der Waals surface area contributed by atoms with E-state index in [0.29, 0.717) is 28.5 Å². The number of hydrogen-bond donors (Lipinski definition) is 3. The molecule has 0 unspecified atom stereocenters. The Labute approximate surface area is 174 Å². The van der Waals surface area contributed by atoms with Gasteiger partial charge >= 0.3 is 6.03 Å². The molecule has 0 spiro atoms. The van der Waals surface area contributed by atoms with Crippen molar-refractivity contribution < 1.29 is 9.53 Å². The molecule has 3 N–H and O–H groups in total. The number of aromatic amines is 1. The van der Waals surface area contributed by atoms with Gasteiger partial charge in [0.2, 0.25) is 5.95 Å².